The highest BCUT2D eigenvalue weighted by atomic mass is 31.2. The summed E-state index contributed by atoms with van der Waals surface area (Å²) in [5.74, 6) is -0.799. The van der Waals surface area contributed by atoms with Crippen molar-refractivity contribution in [2.24, 2.45) is 0 Å². The molecule has 0 fully saturated rings. The Bertz CT molecular complexity index is 863. The molecule has 0 amide bonds. The third-order valence-electron chi connectivity index (χ3n) is 3.30. The molecule has 0 bridgehead atoms. The highest BCUT2D eigenvalue weighted by Crippen LogP contribution is 2.44. The maximum atomic E-state index is 12.4. The monoisotopic (exact) mass is 392 g/mol. The smallest absolute Gasteiger partial charge is 0.347 e. The molecule has 0 saturated heterocycles. The van der Waals surface area contributed by atoms with Crippen LogP contribution in [0.3, 0.4) is 0 Å². The molecule has 0 aromatic heterocycles. The zero-order valence-corrected chi connectivity index (χ0v) is 16.2. The number of ether oxygens (including phenoxy) is 2. The lowest BCUT2D eigenvalue weighted by atomic mass is 10.2. The molecule has 2 aromatic rings. The summed E-state index contributed by atoms with van der Waals surface area (Å²) in [5.41, 5.74) is 0.791. The second kappa shape index (κ2) is 9.46. The first-order chi connectivity index (χ1) is 12.8. The fourth-order valence-electron chi connectivity index (χ4n) is 2.20. The van der Waals surface area contributed by atoms with Gasteiger partial charge < -0.3 is 18.5 Å². The molecule has 7 nitrogen and oxygen atoms in total. The van der Waals surface area contributed by atoms with Crippen LogP contribution in [0.5, 0.6) is 11.5 Å². The number of benzene rings is 2. The molecule has 0 saturated carbocycles. The number of rotatable bonds is 8. The third kappa shape index (κ3) is 6.64. The summed E-state index contributed by atoms with van der Waals surface area (Å²) >= 11 is 0. The van der Waals surface area contributed by atoms with Gasteiger partial charge in [0, 0.05) is 13.6 Å². The van der Waals surface area contributed by atoms with E-state index in [9.17, 15) is 14.2 Å². The van der Waals surface area contributed by atoms with Crippen molar-refractivity contribution >= 4 is 19.5 Å². The normalized spacial score (nSPS) is 12.9. The summed E-state index contributed by atoms with van der Waals surface area (Å²) in [5, 5.41) is 0. The Morgan fingerprint density at radius 2 is 1.74 bits per heavy atom. The van der Waals surface area contributed by atoms with E-state index in [0.717, 1.165) is 0 Å². The maximum absolute atomic E-state index is 12.4. The molecule has 0 heterocycles. The van der Waals surface area contributed by atoms with Crippen molar-refractivity contribution in [3.05, 3.63) is 59.7 Å². The number of hydrogen-bond acceptors (Lipinski definition) is 7. The van der Waals surface area contributed by atoms with Gasteiger partial charge in [-0.25, -0.2) is 4.79 Å². The van der Waals surface area contributed by atoms with E-state index in [4.69, 9.17) is 18.5 Å². The van der Waals surface area contributed by atoms with E-state index >= 15 is 0 Å². The molecule has 0 aliphatic heterocycles. The molecule has 1 atom stereocenters. The fourth-order valence-corrected chi connectivity index (χ4v) is 3.13. The third-order valence-corrected chi connectivity index (χ3v) is 4.62. The summed E-state index contributed by atoms with van der Waals surface area (Å²) in [4.78, 5) is 23.6. The standard InChI is InChI=1S/C19H21O7P/c1-4-23-27(3,22)24-13-15-8-7-9-16(12-15)26-19(21)17-10-5-6-11-18(17)25-14(2)20/h5-12H,4,13H2,1-3H3. The Balaban J connectivity index is 2.09. The molecule has 144 valence electrons. The molecule has 1 unspecified atom stereocenters. The molecule has 0 aliphatic rings. The minimum absolute atomic E-state index is 0.0448. The first-order valence-electron chi connectivity index (χ1n) is 8.26. The van der Waals surface area contributed by atoms with Crippen LogP contribution in [-0.2, 0) is 25.0 Å². The van der Waals surface area contributed by atoms with E-state index in [0.29, 0.717) is 5.56 Å². The van der Waals surface area contributed by atoms with E-state index in [2.05, 4.69) is 0 Å². The zero-order valence-electron chi connectivity index (χ0n) is 15.3. The van der Waals surface area contributed by atoms with Crippen LogP contribution in [0.4, 0.5) is 0 Å². The molecule has 2 aromatic carbocycles. The summed E-state index contributed by atoms with van der Waals surface area (Å²) in [6.07, 6.45) is 0. The minimum Gasteiger partial charge on any atom is -0.426 e. The minimum atomic E-state index is -3.12. The van der Waals surface area contributed by atoms with Gasteiger partial charge in [0.25, 0.3) is 0 Å². The van der Waals surface area contributed by atoms with Gasteiger partial charge in [-0.3, -0.25) is 9.36 Å². The lowest BCUT2D eigenvalue weighted by Gasteiger charge is -2.13. The first-order valence-corrected chi connectivity index (χ1v) is 10.2. The van der Waals surface area contributed by atoms with Crippen molar-refractivity contribution in [1.82, 2.24) is 0 Å². The second-order valence-corrected chi connectivity index (χ2v) is 7.65. The van der Waals surface area contributed by atoms with Gasteiger partial charge in [0.2, 0.25) is 0 Å². The molecular formula is C19H21O7P. The summed E-state index contributed by atoms with van der Waals surface area (Å²) < 4.78 is 32.7. The largest absolute Gasteiger partial charge is 0.426 e. The average molecular weight is 392 g/mol. The van der Waals surface area contributed by atoms with Crippen molar-refractivity contribution in [3.8, 4) is 11.5 Å². The zero-order chi connectivity index (χ0) is 19.9. The molecule has 27 heavy (non-hydrogen) atoms. The van der Waals surface area contributed by atoms with Gasteiger partial charge in [0.15, 0.2) is 0 Å². The number of esters is 2. The first kappa shape index (κ1) is 20.8. The SMILES string of the molecule is CCOP(C)(=O)OCc1cccc(OC(=O)c2ccccc2OC(C)=O)c1. The molecule has 2 rings (SSSR count). The van der Waals surface area contributed by atoms with Gasteiger partial charge >= 0.3 is 19.5 Å². The summed E-state index contributed by atoms with van der Waals surface area (Å²) in [6, 6.07) is 12.9. The molecule has 0 aliphatic carbocycles. The van der Waals surface area contributed by atoms with Crippen molar-refractivity contribution in [2.45, 2.75) is 20.5 Å². The lowest BCUT2D eigenvalue weighted by molar-refractivity contribution is -0.131. The molecule has 0 radical (unpaired) electrons. The van der Waals surface area contributed by atoms with Crippen LogP contribution in [0.25, 0.3) is 0 Å². The van der Waals surface area contributed by atoms with Gasteiger partial charge in [-0.05, 0) is 36.8 Å². The number of hydrogen-bond donors (Lipinski definition) is 0. The summed E-state index contributed by atoms with van der Waals surface area (Å²) in [7, 11) is -3.12. The van der Waals surface area contributed by atoms with Gasteiger partial charge in [0.1, 0.15) is 17.1 Å². The van der Waals surface area contributed by atoms with Crippen molar-refractivity contribution in [2.75, 3.05) is 13.3 Å². The van der Waals surface area contributed by atoms with Crippen LogP contribution in [0.1, 0.15) is 29.8 Å². The Morgan fingerprint density at radius 3 is 2.44 bits per heavy atom. The predicted molar refractivity (Wildman–Crippen MR) is 99.1 cm³/mol. The fraction of sp³-hybridized carbons (Fsp3) is 0.263. The van der Waals surface area contributed by atoms with Gasteiger partial charge in [-0.2, -0.15) is 0 Å². The quantitative estimate of drug-likeness (QED) is 0.378. The van der Waals surface area contributed by atoms with Crippen LogP contribution >= 0.6 is 7.60 Å². The molecule has 8 heteroatoms. The van der Waals surface area contributed by atoms with E-state index in [1.807, 2.05) is 0 Å². The van der Waals surface area contributed by atoms with Gasteiger partial charge in [-0.1, -0.05) is 24.3 Å². The Kier molecular flexibility index (Phi) is 7.30. The highest BCUT2D eigenvalue weighted by molar-refractivity contribution is 7.52. The van der Waals surface area contributed by atoms with E-state index in [1.165, 1.54) is 25.7 Å². The maximum Gasteiger partial charge on any atom is 0.347 e. The van der Waals surface area contributed by atoms with Crippen molar-refractivity contribution in [3.63, 3.8) is 0 Å². The summed E-state index contributed by atoms with van der Waals surface area (Å²) in [6.45, 7) is 4.70. The Labute approximate surface area is 157 Å². The number of carbonyl (C=O) groups excluding carboxylic acids is 2. The van der Waals surface area contributed by atoms with Crippen LogP contribution in [0.2, 0.25) is 0 Å². The topological polar surface area (TPSA) is 88.1 Å². The lowest BCUT2D eigenvalue weighted by Crippen LogP contribution is -2.12. The highest BCUT2D eigenvalue weighted by Gasteiger charge is 2.18. The van der Waals surface area contributed by atoms with Gasteiger partial charge in [-0.15, -0.1) is 0 Å². The van der Waals surface area contributed by atoms with Crippen LogP contribution in [0.15, 0.2) is 48.5 Å². The van der Waals surface area contributed by atoms with Gasteiger partial charge in [0.05, 0.1) is 13.2 Å². The molecular weight excluding hydrogens is 371 g/mol. The number of para-hydroxylation sites is 1. The van der Waals surface area contributed by atoms with Crippen LogP contribution in [-0.4, -0.2) is 25.2 Å². The van der Waals surface area contributed by atoms with Crippen LogP contribution < -0.4 is 9.47 Å². The second-order valence-electron chi connectivity index (χ2n) is 5.59. The Hall–Kier alpha value is -2.47. The van der Waals surface area contributed by atoms with Crippen LogP contribution in [0, 0.1) is 0 Å². The van der Waals surface area contributed by atoms with E-state index < -0.39 is 19.5 Å². The number of carbonyl (C=O) groups is 2. The van der Waals surface area contributed by atoms with E-state index in [-0.39, 0.29) is 30.3 Å². The molecule has 0 spiro atoms. The Morgan fingerprint density at radius 1 is 1.00 bits per heavy atom. The van der Waals surface area contributed by atoms with Crippen molar-refractivity contribution < 1.29 is 32.7 Å². The average Bonchev–Trinajstić information content (AvgIpc) is 2.60. The van der Waals surface area contributed by atoms with E-state index in [1.54, 1.807) is 43.3 Å². The van der Waals surface area contributed by atoms with Crippen molar-refractivity contribution in [1.29, 1.82) is 0 Å². The predicted octanol–water partition coefficient (Wildman–Crippen LogP) is 4.21. The molecule has 0 N–H and O–H groups in total.